The van der Waals surface area contributed by atoms with Gasteiger partial charge >= 0.3 is 0 Å². The molecule has 0 saturated carbocycles. The molecule has 8 amide bonds. The molecule has 0 aromatic heterocycles. The number of nitrogens with zero attached hydrogens (tertiary/aromatic N) is 7. The van der Waals surface area contributed by atoms with Gasteiger partial charge in [0.05, 0.1) is 43.8 Å². The summed E-state index contributed by atoms with van der Waals surface area (Å²) in [5, 5.41) is 3.20. The quantitative estimate of drug-likeness (QED) is 0.0444. The first-order chi connectivity index (χ1) is 39.2. The fourth-order valence-corrected chi connectivity index (χ4v) is 9.85. The van der Waals surface area contributed by atoms with Gasteiger partial charge in [0, 0.05) is 18.1 Å². The number of quaternary nitrogens is 1. The molecule has 0 bridgehead atoms. The lowest BCUT2D eigenvalue weighted by atomic mass is 10.0. The highest BCUT2D eigenvalue weighted by atomic mass is 16.2. The standard InChI is InChI=1S/C64H92N10O8/c1-11-46(4)68(58(76)38-67-37-27-26-36-65)40-59(77)69(47(5)12-2)41-61(79)74(52(10)56-34-24-17-25-35-56)45-64(82)72(50(8)54-30-20-15-21-31-54)43-60(78)70(48(6)13-3)42-62(80)73(51(9)55-32-22-16-23-33-55)44-63(81)71(39-57(66)75)49(7)53-28-18-14-19-29-53/h14-25,28-35,46-52,67H,11-13,26-27,36-45,65H2,1-10H3,(H2,66,75)/p+1/t46-,47-,48-,49-,50-,51-,52-/m0/s1. The minimum absolute atomic E-state index is 0.0633. The number of hydrogen-bond acceptors (Lipinski definition) is 9. The molecule has 0 aliphatic rings. The number of unbranched alkanes of at least 4 members (excludes halogenated alkanes) is 1. The number of amides is 8. The van der Waals surface area contributed by atoms with Crippen molar-refractivity contribution in [1.82, 2.24) is 39.6 Å². The largest absolute Gasteiger partial charge is 0.368 e. The average molecular weight is 1130 g/mol. The second kappa shape index (κ2) is 34.1. The average Bonchev–Trinajstić information content (AvgIpc) is 3.70. The van der Waals surface area contributed by atoms with Gasteiger partial charge in [-0.1, -0.05) is 142 Å². The number of nitrogens with two attached hydrogens (primary N) is 1. The molecular formula is C64H93N10O8+. The van der Waals surface area contributed by atoms with Crippen molar-refractivity contribution in [2.75, 3.05) is 65.4 Å². The molecule has 0 aliphatic carbocycles. The van der Waals surface area contributed by atoms with Crippen molar-refractivity contribution in [3.05, 3.63) is 144 Å². The number of rotatable bonds is 34. The third kappa shape index (κ3) is 19.6. The second-order valence-electron chi connectivity index (χ2n) is 21.5. The van der Waals surface area contributed by atoms with Gasteiger partial charge in [0.25, 0.3) is 0 Å². The zero-order valence-corrected chi connectivity index (χ0v) is 50.4. The molecule has 4 aromatic rings. The molecule has 0 heterocycles. The number of carbonyl (C=O) groups excluding carboxylic acids is 8. The van der Waals surface area contributed by atoms with E-state index in [1.165, 1.54) is 29.4 Å². The molecule has 4 aromatic carbocycles. The van der Waals surface area contributed by atoms with E-state index in [0.717, 1.165) is 41.6 Å². The van der Waals surface area contributed by atoms with E-state index in [-0.39, 0.29) is 31.6 Å². The van der Waals surface area contributed by atoms with Crippen molar-refractivity contribution in [1.29, 1.82) is 0 Å². The summed E-state index contributed by atoms with van der Waals surface area (Å²) in [7, 11) is 0. The molecule has 0 saturated heterocycles. The maximum absolute atomic E-state index is 15.4. The first kappa shape index (κ1) is 67.1. The summed E-state index contributed by atoms with van der Waals surface area (Å²) in [6.07, 6.45) is 3.36. The molecule has 446 valence electrons. The van der Waals surface area contributed by atoms with Gasteiger partial charge in [-0.2, -0.15) is 0 Å². The summed E-state index contributed by atoms with van der Waals surface area (Å²) in [6.45, 7) is 17.2. The van der Waals surface area contributed by atoms with E-state index in [1.54, 1.807) is 25.7 Å². The monoisotopic (exact) mass is 1130 g/mol. The third-order valence-corrected chi connectivity index (χ3v) is 15.9. The summed E-state index contributed by atoms with van der Waals surface area (Å²) in [4.78, 5) is 126. The maximum atomic E-state index is 15.4. The maximum Gasteiger partial charge on any atom is 0.243 e. The first-order valence-electron chi connectivity index (χ1n) is 29.2. The van der Waals surface area contributed by atoms with Crippen LogP contribution < -0.4 is 16.8 Å². The third-order valence-electron chi connectivity index (χ3n) is 15.9. The minimum atomic E-state index is -0.721. The van der Waals surface area contributed by atoms with Crippen molar-refractivity contribution in [2.45, 2.75) is 144 Å². The molecule has 0 aliphatic heterocycles. The van der Waals surface area contributed by atoms with E-state index in [2.05, 4.69) is 11.1 Å². The Kier molecular flexibility index (Phi) is 27.9. The van der Waals surface area contributed by atoms with E-state index >= 15 is 19.2 Å². The van der Waals surface area contributed by atoms with Gasteiger partial charge in [0.2, 0.25) is 47.3 Å². The molecule has 7 atom stereocenters. The predicted molar refractivity (Wildman–Crippen MR) is 320 cm³/mol. The van der Waals surface area contributed by atoms with Crippen LogP contribution in [-0.2, 0) is 38.4 Å². The molecule has 0 fully saturated rings. The van der Waals surface area contributed by atoms with Crippen LogP contribution in [0, 0.1) is 0 Å². The summed E-state index contributed by atoms with van der Waals surface area (Å²) < 4.78 is 0. The summed E-state index contributed by atoms with van der Waals surface area (Å²) in [5.74, 6) is -4.01. The van der Waals surface area contributed by atoms with Crippen molar-refractivity contribution in [2.24, 2.45) is 5.73 Å². The Bertz CT molecular complexity index is 2650. The van der Waals surface area contributed by atoms with Gasteiger partial charge < -0.3 is 51.1 Å². The van der Waals surface area contributed by atoms with Crippen LogP contribution in [0.5, 0.6) is 0 Å². The summed E-state index contributed by atoms with van der Waals surface area (Å²) >= 11 is 0. The number of primary amides is 1. The van der Waals surface area contributed by atoms with Crippen LogP contribution in [0.3, 0.4) is 0 Å². The molecule has 4 rings (SSSR count). The van der Waals surface area contributed by atoms with Gasteiger partial charge in [-0.15, -0.1) is 0 Å². The van der Waals surface area contributed by atoms with E-state index < -0.39 is 110 Å². The van der Waals surface area contributed by atoms with Crippen LogP contribution in [0.1, 0.15) is 148 Å². The Balaban J connectivity index is 1.73. The summed E-state index contributed by atoms with van der Waals surface area (Å²) in [6, 6.07) is 33.1. The highest BCUT2D eigenvalue weighted by molar-refractivity contribution is 5.94. The van der Waals surface area contributed by atoms with E-state index in [4.69, 9.17) is 5.73 Å². The van der Waals surface area contributed by atoms with Crippen LogP contribution in [0.25, 0.3) is 0 Å². The second-order valence-corrected chi connectivity index (χ2v) is 21.5. The number of benzene rings is 4. The molecule has 6 N–H and O–H groups in total. The highest BCUT2D eigenvalue weighted by Crippen LogP contribution is 2.28. The number of carbonyl (C=O) groups is 8. The summed E-state index contributed by atoms with van der Waals surface area (Å²) in [5.41, 5.74) is 12.6. The van der Waals surface area contributed by atoms with Crippen molar-refractivity contribution < 1.29 is 44.1 Å². The van der Waals surface area contributed by atoms with Gasteiger partial charge in [-0.25, -0.2) is 0 Å². The Morgan fingerprint density at radius 1 is 0.378 bits per heavy atom. The minimum Gasteiger partial charge on any atom is -0.368 e. The van der Waals surface area contributed by atoms with E-state index in [0.29, 0.717) is 25.8 Å². The first-order valence-corrected chi connectivity index (χ1v) is 29.2. The van der Waals surface area contributed by atoms with Crippen LogP contribution >= 0.6 is 0 Å². The number of hydrogen-bond donors (Lipinski definition) is 3. The van der Waals surface area contributed by atoms with Crippen molar-refractivity contribution in [3.63, 3.8) is 0 Å². The van der Waals surface area contributed by atoms with Gasteiger partial charge in [-0.3, -0.25) is 38.4 Å². The SMILES string of the molecule is CC[C@H](C)N(CC(=O)N(CC(=O)N(CC(=O)N(CC(=O)N(CC(=O)N(CC(=O)N(CC(N)=O)[C@@H](C)c1ccccc1)[C@@H](C)c1ccccc1)[C@@H](C)CC)[C@@H](C)c1ccccc1)[C@@H](C)c1ccccc1)[C@@H](C)CC)C(=O)CNCCCC[NH3+]. The molecule has 18 nitrogen and oxygen atoms in total. The zero-order valence-electron chi connectivity index (χ0n) is 50.4. The highest BCUT2D eigenvalue weighted by Gasteiger charge is 2.37. The Morgan fingerprint density at radius 3 is 0.878 bits per heavy atom. The molecule has 18 heteroatoms. The fraction of sp³-hybridized carbons (Fsp3) is 0.500. The Labute approximate surface area is 487 Å². The Morgan fingerprint density at radius 2 is 0.622 bits per heavy atom. The molecular weight excluding hydrogens is 1040 g/mol. The smallest absolute Gasteiger partial charge is 0.243 e. The van der Waals surface area contributed by atoms with Crippen molar-refractivity contribution in [3.8, 4) is 0 Å². The molecule has 82 heavy (non-hydrogen) atoms. The molecule has 0 spiro atoms. The topological polar surface area (TPSA) is 225 Å². The lowest BCUT2D eigenvalue weighted by Crippen LogP contribution is -2.55. The van der Waals surface area contributed by atoms with Crippen molar-refractivity contribution >= 4 is 47.3 Å². The molecule has 0 radical (unpaired) electrons. The van der Waals surface area contributed by atoms with Crippen LogP contribution in [0.15, 0.2) is 121 Å². The van der Waals surface area contributed by atoms with Crippen LogP contribution in [-0.4, -0.2) is 165 Å². The number of nitrogens with one attached hydrogen (secondary N) is 1. The van der Waals surface area contributed by atoms with Gasteiger partial charge in [-0.05, 0) is 109 Å². The lowest BCUT2D eigenvalue weighted by molar-refractivity contribution is -0.368. The lowest BCUT2D eigenvalue weighted by Gasteiger charge is -2.38. The Hall–Kier alpha value is -7.44. The fourth-order valence-electron chi connectivity index (χ4n) is 9.85. The normalized spacial score (nSPS) is 13.7. The van der Waals surface area contributed by atoms with Crippen LogP contribution in [0.2, 0.25) is 0 Å². The zero-order chi connectivity index (χ0) is 60.5. The van der Waals surface area contributed by atoms with E-state index in [1.807, 2.05) is 170 Å². The van der Waals surface area contributed by atoms with Crippen LogP contribution in [0.4, 0.5) is 0 Å². The van der Waals surface area contributed by atoms with E-state index in [9.17, 15) is 19.2 Å². The predicted octanol–water partition coefficient (Wildman–Crippen LogP) is 6.32. The molecule has 0 unspecified atom stereocenters. The van der Waals surface area contributed by atoms with Gasteiger partial charge in [0.1, 0.15) is 39.3 Å². The van der Waals surface area contributed by atoms with Gasteiger partial charge in [0.15, 0.2) is 0 Å².